The van der Waals surface area contributed by atoms with Gasteiger partial charge in [-0.3, -0.25) is 4.90 Å². The third kappa shape index (κ3) is 4.16. The van der Waals surface area contributed by atoms with E-state index in [-0.39, 0.29) is 0 Å². The number of hydrogen-bond acceptors (Lipinski definition) is 3. The number of hydrogen-bond donors (Lipinski definition) is 1. The number of aryl methyl sites for hydroxylation is 2. The minimum absolute atomic E-state index is 0.335. The lowest BCUT2D eigenvalue weighted by Gasteiger charge is -2.27. The molecule has 0 saturated carbocycles. The SMILES string of the molecule is Cc1cccc(C2CCCN2CC(O)COc2ccccc2C)c1. The van der Waals surface area contributed by atoms with E-state index in [1.54, 1.807) is 0 Å². The van der Waals surface area contributed by atoms with Crippen molar-refractivity contribution in [2.75, 3.05) is 19.7 Å². The second-order valence-corrected chi connectivity index (χ2v) is 6.80. The highest BCUT2D eigenvalue weighted by Gasteiger charge is 2.27. The van der Waals surface area contributed by atoms with E-state index in [1.165, 1.54) is 17.5 Å². The predicted octanol–water partition coefficient (Wildman–Crippen LogP) is 3.88. The molecule has 2 unspecified atom stereocenters. The van der Waals surface area contributed by atoms with Crippen LogP contribution in [0.3, 0.4) is 0 Å². The molecule has 2 atom stereocenters. The van der Waals surface area contributed by atoms with Crippen molar-refractivity contribution in [2.24, 2.45) is 0 Å². The van der Waals surface area contributed by atoms with Crippen LogP contribution in [0, 0.1) is 13.8 Å². The summed E-state index contributed by atoms with van der Waals surface area (Å²) in [6.07, 6.45) is 1.87. The van der Waals surface area contributed by atoms with E-state index >= 15 is 0 Å². The average Bonchev–Trinajstić information content (AvgIpc) is 3.02. The molecule has 24 heavy (non-hydrogen) atoms. The standard InChI is InChI=1S/C21H27NO2/c1-16-7-5-9-18(13-16)20-10-6-12-22(20)14-19(23)15-24-21-11-4-3-8-17(21)2/h3-5,7-9,11,13,19-20,23H,6,10,12,14-15H2,1-2H3. The number of nitrogens with zero attached hydrogens (tertiary/aromatic N) is 1. The molecule has 2 aromatic rings. The first-order valence-electron chi connectivity index (χ1n) is 8.80. The van der Waals surface area contributed by atoms with Crippen molar-refractivity contribution >= 4 is 0 Å². The molecule has 1 aliphatic rings. The number of aliphatic hydroxyl groups is 1. The van der Waals surface area contributed by atoms with Crippen LogP contribution in [-0.2, 0) is 0 Å². The summed E-state index contributed by atoms with van der Waals surface area (Å²) in [4.78, 5) is 2.39. The van der Waals surface area contributed by atoms with E-state index in [1.807, 2.05) is 31.2 Å². The summed E-state index contributed by atoms with van der Waals surface area (Å²) < 4.78 is 5.79. The molecule has 128 valence electrons. The van der Waals surface area contributed by atoms with Gasteiger partial charge in [-0.2, -0.15) is 0 Å². The maximum absolute atomic E-state index is 10.4. The van der Waals surface area contributed by atoms with Crippen LogP contribution in [0.5, 0.6) is 5.75 Å². The molecule has 3 nitrogen and oxygen atoms in total. The first-order chi connectivity index (χ1) is 11.6. The summed E-state index contributed by atoms with van der Waals surface area (Å²) in [7, 11) is 0. The van der Waals surface area contributed by atoms with Gasteiger partial charge in [0, 0.05) is 12.6 Å². The molecule has 0 aliphatic carbocycles. The van der Waals surface area contributed by atoms with E-state index < -0.39 is 6.10 Å². The van der Waals surface area contributed by atoms with Gasteiger partial charge in [-0.25, -0.2) is 0 Å². The second kappa shape index (κ2) is 7.82. The monoisotopic (exact) mass is 325 g/mol. The number of benzene rings is 2. The summed E-state index contributed by atoms with van der Waals surface area (Å²) in [6.45, 7) is 6.19. The number of para-hydroxylation sites is 1. The molecule has 1 fully saturated rings. The second-order valence-electron chi connectivity index (χ2n) is 6.80. The third-order valence-electron chi connectivity index (χ3n) is 4.76. The van der Waals surface area contributed by atoms with Crippen LogP contribution in [0.4, 0.5) is 0 Å². The highest BCUT2D eigenvalue weighted by atomic mass is 16.5. The van der Waals surface area contributed by atoms with E-state index in [4.69, 9.17) is 4.74 Å². The zero-order chi connectivity index (χ0) is 16.9. The Labute approximate surface area is 144 Å². The Morgan fingerprint density at radius 1 is 1.17 bits per heavy atom. The fraction of sp³-hybridized carbons (Fsp3) is 0.429. The molecule has 0 bridgehead atoms. The van der Waals surface area contributed by atoms with Gasteiger partial charge in [0.25, 0.3) is 0 Å². The molecule has 1 aliphatic heterocycles. The molecule has 3 heteroatoms. The van der Waals surface area contributed by atoms with Crippen LogP contribution in [0.15, 0.2) is 48.5 Å². The van der Waals surface area contributed by atoms with E-state index in [2.05, 4.69) is 36.1 Å². The lowest BCUT2D eigenvalue weighted by atomic mass is 10.0. The molecule has 2 aromatic carbocycles. The van der Waals surface area contributed by atoms with Gasteiger partial charge < -0.3 is 9.84 Å². The number of likely N-dealkylation sites (tertiary alicyclic amines) is 1. The first-order valence-corrected chi connectivity index (χ1v) is 8.80. The van der Waals surface area contributed by atoms with Crippen LogP contribution in [0.2, 0.25) is 0 Å². The lowest BCUT2D eigenvalue weighted by Crippen LogP contribution is -2.35. The van der Waals surface area contributed by atoms with E-state index in [0.29, 0.717) is 19.2 Å². The quantitative estimate of drug-likeness (QED) is 0.875. The minimum Gasteiger partial charge on any atom is -0.491 e. The Kier molecular flexibility index (Phi) is 5.54. The summed E-state index contributed by atoms with van der Waals surface area (Å²) in [6, 6.07) is 17.1. The maximum atomic E-state index is 10.4. The smallest absolute Gasteiger partial charge is 0.122 e. The van der Waals surface area contributed by atoms with Gasteiger partial charge in [0.05, 0.1) is 0 Å². The molecule has 0 radical (unpaired) electrons. The van der Waals surface area contributed by atoms with E-state index in [9.17, 15) is 5.11 Å². The number of rotatable bonds is 6. The first kappa shape index (κ1) is 17.0. The van der Waals surface area contributed by atoms with Crippen LogP contribution in [0.25, 0.3) is 0 Å². The highest BCUT2D eigenvalue weighted by Crippen LogP contribution is 2.32. The lowest BCUT2D eigenvalue weighted by molar-refractivity contribution is 0.0636. The number of β-amino-alcohol motifs (C(OH)–C–C–N with tert-alkyl or cyclic N) is 1. The number of aliphatic hydroxyl groups excluding tert-OH is 1. The zero-order valence-corrected chi connectivity index (χ0v) is 14.6. The Bertz CT molecular complexity index is 670. The van der Waals surface area contributed by atoms with Gasteiger partial charge in [-0.05, 0) is 50.4 Å². The van der Waals surface area contributed by atoms with Crippen LogP contribution >= 0.6 is 0 Å². The Hall–Kier alpha value is -1.84. The van der Waals surface area contributed by atoms with Gasteiger partial charge in [0.15, 0.2) is 0 Å². The molecule has 1 N–H and O–H groups in total. The summed E-state index contributed by atoms with van der Waals surface area (Å²) in [5.41, 5.74) is 3.76. The van der Waals surface area contributed by atoms with Gasteiger partial charge >= 0.3 is 0 Å². The van der Waals surface area contributed by atoms with Crippen molar-refractivity contribution in [3.05, 3.63) is 65.2 Å². The van der Waals surface area contributed by atoms with Crippen molar-refractivity contribution in [1.82, 2.24) is 4.90 Å². The predicted molar refractivity (Wildman–Crippen MR) is 97.4 cm³/mol. The molecule has 1 heterocycles. The van der Waals surface area contributed by atoms with Crippen molar-refractivity contribution in [2.45, 2.75) is 38.8 Å². The van der Waals surface area contributed by atoms with Crippen molar-refractivity contribution < 1.29 is 9.84 Å². The Morgan fingerprint density at radius 3 is 2.79 bits per heavy atom. The van der Waals surface area contributed by atoms with Gasteiger partial charge in [0.2, 0.25) is 0 Å². The Balaban J connectivity index is 1.57. The fourth-order valence-corrected chi connectivity index (χ4v) is 3.53. The minimum atomic E-state index is -0.477. The molecule has 0 spiro atoms. The van der Waals surface area contributed by atoms with Crippen molar-refractivity contribution in [3.63, 3.8) is 0 Å². The zero-order valence-electron chi connectivity index (χ0n) is 14.6. The largest absolute Gasteiger partial charge is 0.491 e. The molecular weight excluding hydrogens is 298 g/mol. The number of ether oxygens (including phenoxy) is 1. The van der Waals surface area contributed by atoms with Crippen molar-refractivity contribution in [1.29, 1.82) is 0 Å². The maximum Gasteiger partial charge on any atom is 0.122 e. The van der Waals surface area contributed by atoms with Crippen molar-refractivity contribution in [3.8, 4) is 5.75 Å². The average molecular weight is 325 g/mol. The molecule has 3 rings (SSSR count). The molecule has 1 saturated heterocycles. The fourth-order valence-electron chi connectivity index (χ4n) is 3.53. The highest BCUT2D eigenvalue weighted by molar-refractivity contribution is 5.31. The summed E-state index contributed by atoms with van der Waals surface area (Å²) in [5.74, 6) is 0.855. The van der Waals surface area contributed by atoms with Crippen LogP contribution in [0.1, 0.15) is 35.6 Å². The summed E-state index contributed by atoms with van der Waals surface area (Å²) >= 11 is 0. The van der Waals surface area contributed by atoms with Gasteiger partial charge in [-0.1, -0.05) is 48.0 Å². The molecule has 0 amide bonds. The molecule has 0 aromatic heterocycles. The summed E-state index contributed by atoms with van der Waals surface area (Å²) in [5, 5.41) is 10.4. The normalized spacial score (nSPS) is 19.4. The van der Waals surface area contributed by atoms with Crippen LogP contribution in [-0.4, -0.2) is 35.8 Å². The van der Waals surface area contributed by atoms with Crippen LogP contribution < -0.4 is 4.74 Å². The third-order valence-corrected chi connectivity index (χ3v) is 4.76. The van der Waals surface area contributed by atoms with Gasteiger partial charge in [-0.15, -0.1) is 0 Å². The molecular formula is C21H27NO2. The van der Waals surface area contributed by atoms with Gasteiger partial charge in [0.1, 0.15) is 18.5 Å². The van der Waals surface area contributed by atoms with E-state index in [0.717, 1.165) is 24.3 Å². The topological polar surface area (TPSA) is 32.7 Å². The Morgan fingerprint density at radius 2 is 2.00 bits per heavy atom.